The number of aromatic nitrogens is 2. The Morgan fingerprint density at radius 1 is 1.13 bits per heavy atom. The number of imidazole rings is 1. The molecule has 0 amide bonds. The molecule has 2 aromatic heterocycles. The quantitative estimate of drug-likeness (QED) is 0.365. The van der Waals surface area contributed by atoms with Crippen LogP contribution in [0.2, 0.25) is 0 Å². The molecule has 0 aliphatic heterocycles. The van der Waals surface area contributed by atoms with Crippen LogP contribution in [0.25, 0.3) is 16.9 Å². The van der Waals surface area contributed by atoms with Crippen LogP contribution in [-0.4, -0.2) is 20.9 Å². The van der Waals surface area contributed by atoms with Crippen molar-refractivity contribution in [3.63, 3.8) is 0 Å². The standard InChI is InChI=1S/C26H35N3O2/c1-17(2)24(30)31-20-11-9-10-19(15-20)22-23(28-26(7,8)16-25(4,5)6)29-13-12-18(3)14-21(29)27-22/h9-15,17,28H,16H2,1-8H3. The lowest BCUT2D eigenvalue weighted by Gasteiger charge is -2.34. The zero-order valence-corrected chi connectivity index (χ0v) is 20.0. The van der Waals surface area contributed by atoms with Gasteiger partial charge in [0.1, 0.15) is 22.9 Å². The van der Waals surface area contributed by atoms with Gasteiger partial charge in [-0.3, -0.25) is 9.20 Å². The first-order valence-corrected chi connectivity index (χ1v) is 10.9. The van der Waals surface area contributed by atoms with Crippen LogP contribution in [-0.2, 0) is 4.79 Å². The fraction of sp³-hybridized carbons (Fsp3) is 0.462. The Labute approximate surface area is 185 Å². The number of hydrogen-bond donors (Lipinski definition) is 1. The van der Waals surface area contributed by atoms with Crippen molar-refractivity contribution in [1.29, 1.82) is 0 Å². The number of aryl methyl sites for hydroxylation is 1. The van der Waals surface area contributed by atoms with Crippen molar-refractivity contribution in [3.05, 3.63) is 48.2 Å². The molecule has 0 atom stereocenters. The summed E-state index contributed by atoms with van der Waals surface area (Å²) in [5.41, 5.74) is 3.83. The molecule has 0 spiro atoms. The van der Waals surface area contributed by atoms with Gasteiger partial charge in [-0.15, -0.1) is 0 Å². The van der Waals surface area contributed by atoms with E-state index < -0.39 is 0 Å². The molecule has 3 aromatic rings. The first-order chi connectivity index (χ1) is 14.3. The Bertz CT molecular complexity index is 1090. The van der Waals surface area contributed by atoms with Crippen LogP contribution in [0.15, 0.2) is 42.6 Å². The van der Waals surface area contributed by atoms with Crippen molar-refractivity contribution in [2.75, 3.05) is 5.32 Å². The number of fused-ring (bicyclic) bond motifs is 1. The first kappa shape index (κ1) is 22.9. The molecule has 31 heavy (non-hydrogen) atoms. The molecule has 166 valence electrons. The monoisotopic (exact) mass is 421 g/mol. The van der Waals surface area contributed by atoms with E-state index in [2.05, 4.69) is 69.6 Å². The van der Waals surface area contributed by atoms with E-state index in [1.807, 2.05) is 32.0 Å². The summed E-state index contributed by atoms with van der Waals surface area (Å²) in [5.74, 6) is 1.05. The summed E-state index contributed by atoms with van der Waals surface area (Å²) < 4.78 is 7.64. The third-order valence-electron chi connectivity index (χ3n) is 5.01. The number of benzene rings is 1. The number of ether oxygens (including phenoxy) is 1. The number of nitrogens with one attached hydrogen (secondary N) is 1. The minimum atomic E-state index is -0.243. The summed E-state index contributed by atoms with van der Waals surface area (Å²) in [4.78, 5) is 17.0. The highest BCUT2D eigenvalue weighted by atomic mass is 16.5. The van der Waals surface area contributed by atoms with Gasteiger partial charge in [-0.05, 0) is 62.4 Å². The molecule has 0 saturated heterocycles. The maximum absolute atomic E-state index is 12.1. The summed E-state index contributed by atoms with van der Waals surface area (Å²) in [6, 6.07) is 11.8. The van der Waals surface area contributed by atoms with E-state index in [1.165, 1.54) is 0 Å². The molecule has 0 radical (unpaired) electrons. The number of anilines is 1. The SMILES string of the molecule is Cc1ccn2c(NC(C)(C)CC(C)(C)C)c(-c3cccc(OC(=O)C(C)C)c3)nc2c1. The molecule has 0 aliphatic rings. The smallest absolute Gasteiger partial charge is 0.313 e. The van der Waals surface area contributed by atoms with Crippen molar-refractivity contribution in [2.45, 2.75) is 67.3 Å². The Morgan fingerprint density at radius 2 is 1.84 bits per heavy atom. The van der Waals surface area contributed by atoms with Crippen molar-refractivity contribution in [2.24, 2.45) is 11.3 Å². The fourth-order valence-corrected chi connectivity index (χ4v) is 4.10. The Hall–Kier alpha value is -2.82. The molecule has 0 saturated carbocycles. The molecule has 0 aliphatic carbocycles. The highest BCUT2D eigenvalue weighted by Crippen LogP contribution is 2.36. The lowest BCUT2D eigenvalue weighted by Crippen LogP contribution is -2.36. The van der Waals surface area contributed by atoms with Gasteiger partial charge in [0, 0.05) is 17.3 Å². The Morgan fingerprint density at radius 3 is 2.48 bits per heavy atom. The molecule has 3 rings (SSSR count). The predicted molar refractivity (Wildman–Crippen MR) is 128 cm³/mol. The zero-order valence-electron chi connectivity index (χ0n) is 20.0. The second-order valence-electron chi connectivity index (χ2n) is 10.6. The molecule has 2 heterocycles. The van der Waals surface area contributed by atoms with E-state index in [1.54, 1.807) is 6.07 Å². The molecule has 5 heteroatoms. The van der Waals surface area contributed by atoms with E-state index in [-0.39, 0.29) is 22.8 Å². The topological polar surface area (TPSA) is 55.6 Å². The first-order valence-electron chi connectivity index (χ1n) is 10.9. The number of pyridine rings is 1. The average Bonchev–Trinajstić information content (AvgIpc) is 2.96. The summed E-state index contributed by atoms with van der Waals surface area (Å²) in [7, 11) is 0. The van der Waals surface area contributed by atoms with Crippen molar-refractivity contribution in [3.8, 4) is 17.0 Å². The lowest BCUT2D eigenvalue weighted by molar-refractivity contribution is -0.137. The van der Waals surface area contributed by atoms with Gasteiger partial charge in [0.15, 0.2) is 0 Å². The number of nitrogens with zero attached hydrogens (tertiary/aromatic N) is 2. The number of rotatable bonds is 6. The van der Waals surface area contributed by atoms with Crippen LogP contribution in [0, 0.1) is 18.3 Å². The second kappa shape index (κ2) is 8.37. The van der Waals surface area contributed by atoms with E-state index in [0.29, 0.717) is 5.75 Å². The number of carbonyl (C=O) groups is 1. The predicted octanol–water partition coefficient (Wildman–Crippen LogP) is 6.50. The highest BCUT2D eigenvalue weighted by molar-refractivity contribution is 5.79. The summed E-state index contributed by atoms with van der Waals surface area (Å²) in [6.07, 6.45) is 3.05. The fourth-order valence-electron chi connectivity index (χ4n) is 4.10. The minimum absolute atomic E-state index is 0.143. The molecule has 1 N–H and O–H groups in total. The molecular formula is C26H35N3O2. The number of carbonyl (C=O) groups excluding carboxylic acids is 1. The van der Waals surface area contributed by atoms with Gasteiger partial charge in [0.05, 0.1) is 5.92 Å². The van der Waals surface area contributed by atoms with Gasteiger partial charge in [-0.25, -0.2) is 4.98 Å². The van der Waals surface area contributed by atoms with Crippen LogP contribution in [0.4, 0.5) is 5.82 Å². The van der Waals surface area contributed by atoms with E-state index in [9.17, 15) is 4.79 Å². The van der Waals surface area contributed by atoms with Crippen LogP contribution < -0.4 is 10.1 Å². The minimum Gasteiger partial charge on any atom is -0.426 e. The summed E-state index contributed by atoms with van der Waals surface area (Å²) >= 11 is 0. The lowest BCUT2D eigenvalue weighted by atomic mass is 9.82. The average molecular weight is 422 g/mol. The Balaban J connectivity index is 2.08. The van der Waals surface area contributed by atoms with Gasteiger partial charge in [0.25, 0.3) is 0 Å². The Kier molecular flexibility index (Phi) is 6.17. The van der Waals surface area contributed by atoms with Crippen molar-refractivity contribution >= 4 is 17.4 Å². The third-order valence-corrected chi connectivity index (χ3v) is 5.01. The molecule has 0 unspecified atom stereocenters. The van der Waals surface area contributed by atoms with Crippen LogP contribution in [0.1, 0.15) is 60.5 Å². The summed E-state index contributed by atoms with van der Waals surface area (Å²) in [5, 5.41) is 3.76. The van der Waals surface area contributed by atoms with Gasteiger partial charge in [-0.1, -0.05) is 46.8 Å². The summed E-state index contributed by atoms with van der Waals surface area (Å²) in [6.45, 7) is 16.9. The molecule has 5 nitrogen and oxygen atoms in total. The van der Waals surface area contributed by atoms with Crippen molar-refractivity contribution < 1.29 is 9.53 Å². The van der Waals surface area contributed by atoms with Gasteiger partial charge < -0.3 is 10.1 Å². The highest BCUT2D eigenvalue weighted by Gasteiger charge is 2.28. The maximum atomic E-state index is 12.1. The molecular weight excluding hydrogens is 386 g/mol. The van der Waals surface area contributed by atoms with E-state index in [0.717, 1.165) is 34.7 Å². The maximum Gasteiger partial charge on any atom is 0.313 e. The van der Waals surface area contributed by atoms with Gasteiger partial charge >= 0.3 is 5.97 Å². The normalized spacial score (nSPS) is 12.4. The third kappa shape index (κ3) is 5.66. The van der Waals surface area contributed by atoms with Crippen LogP contribution in [0.3, 0.4) is 0 Å². The second-order valence-corrected chi connectivity index (χ2v) is 10.6. The van der Waals surface area contributed by atoms with E-state index in [4.69, 9.17) is 9.72 Å². The van der Waals surface area contributed by atoms with Crippen molar-refractivity contribution in [1.82, 2.24) is 9.38 Å². The number of hydrogen-bond acceptors (Lipinski definition) is 4. The zero-order chi connectivity index (χ0) is 23.0. The molecule has 0 fully saturated rings. The number of esters is 1. The molecule has 1 aromatic carbocycles. The largest absolute Gasteiger partial charge is 0.426 e. The molecule has 0 bridgehead atoms. The van der Waals surface area contributed by atoms with Crippen LogP contribution in [0.5, 0.6) is 5.75 Å². The van der Waals surface area contributed by atoms with Gasteiger partial charge in [-0.2, -0.15) is 0 Å². The van der Waals surface area contributed by atoms with E-state index >= 15 is 0 Å². The van der Waals surface area contributed by atoms with Gasteiger partial charge in [0.2, 0.25) is 0 Å². The van der Waals surface area contributed by atoms with Crippen LogP contribution >= 0.6 is 0 Å².